The lowest BCUT2D eigenvalue weighted by atomic mass is 9.50. The molecule has 1 aromatic rings. The standard InChI is InChI=1S/C24H36N2O.C4H4O4/c1-17(2)18-6-8-21-19(14-18)7-9-22-23(3,11-5-12-24(21,22)4)16-26-27-20-10-13-25-15-20;5-3(6)1-2-4(7)8/h6,8,14,16-17,20,22,25H,5,7,9-13,15H2,1-4H3;1-2H,(H,5,6)(H,7,8)/b;2-1+/t20-,22?,23-,24-;/m1./s1. The van der Waals surface area contributed by atoms with Crippen molar-refractivity contribution in [3.8, 4) is 0 Å². The van der Waals surface area contributed by atoms with Gasteiger partial charge in [0.25, 0.3) is 0 Å². The molecule has 192 valence electrons. The molecule has 1 saturated carbocycles. The Bertz CT molecular complexity index is 950. The van der Waals surface area contributed by atoms with E-state index in [1.54, 1.807) is 11.1 Å². The molecule has 1 unspecified atom stereocenters. The number of hydrogen-bond donors (Lipinski definition) is 3. The number of aliphatic carboxylic acids is 2. The fraction of sp³-hybridized carbons (Fsp3) is 0.607. The van der Waals surface area contributed by atoms with Crippen molar-refractivity contribution in [1.29, 1.82) is 0 Å². The molecule has 0 amide bonds. The average Bonchev–Trinajstić information content (AvgIpc) is 3.31. The number of nitrogens with one attached hydrogen (secondary N) is 1. The molecular weight excluding hydrogens is 444 g/mol. The number of carbonyl (C=O) groups is 2. The summed E-state index contributed by atoms with van der Waals surface area (Å²) in [5.41, 5.74) is 5.07. The Morgan fingerprint density at radius 3 is 2.46 bits per heavy atom. The van der Waals surface area contributed by atoms with Crippen LogP contribution in [0.1, 0.15) is 82.4 Å². The van der Waals surface area contributed by atoms with E-state index in [9.17, 15) is 9.59 Å². The second-order valence-electron chi connectivity index (χ2n) is 10.9. The van der Waals surface area contributed by atoms with E-state index in [4.69, 9.17) is 15.1 Å². The Hall–Kier alpha value is -2.67. The first-order valence-corrected chi connectivity index (χ1v) is 12.7. The van der Waals surface area contributed by atoms with E-state index in [1.165, 1.54) is 37.7 Å². The zero-order valence-corrected chi connectivity index (χ0v) is 21.4. The highest BCUT2D eigenvalue weighted by Crippen LogP contribution is 2.56. The van der Waals surface area contributed by atoms with Gasteiger partial charge in [0.1, 0.15) is 6.10 Å². The molecule has 35 heavy (non-hydrogen) atoms. The van der Waals surface area contributed by atoms with Crippen molar-refractivity contribution in [2.24, 2.45) is 16.5 Å². The lowest BCUT2D eigenvalue weighted by molar-refractivity contribution is -0.134. The smallest absolute Gasteiger partial charge is 0.328 e. The summed E-state index contributed by atoms with van der Waals surface area (Å²) in [4.78, 5) is 24.9. The van der Waals surface area contributed by atoms with Gasteiger partial charge >= 0.3 is 11.9 Å². The van der Waals surface area contributed by atoms with E-state index in [-0.39, 0.29) is 16.9 Å². The molecule has 2 fully saturated rings. The van der Waals surface area contributed by atoms with Crippen LogP contribution in [0.15, 0.2) is 35.5 Å². The van der Waals surface area contributed by atoms with Crippen LogP contribution >= 0.6 is 0 Å². The Labute approximate surface area is 208 Å². The highest BCUT2D eigenvalue weighted by molar-refractivity contribution is 5.89. The molecule has 4 atom stereocenters. The average molecular weight is 485 g/mol. The zero-order chi connectivity index (χ0) is 25.6. The highest BCUT2D eigenvalue weighted by atomic mass is 16.6. The number of benzene rings is 1. The van der Waals surface area contributed by atoms with E-state index in [2.05, 4.69) is 62.6 Å². The van der Waals surface area contributed by atoms with Gasteiger partial charge in [-0.3, -0.25) is 0 Å². The number of oxime groups is 1. The van der Waals surface area contributed by atoms with Gasteiger partial charge in [-0.1, -0.05) is 57.5 Å². The van der Waals surface area contributed by atoms with Gasteiger partial charge in [-0.05, 0) is 66.2 Å². The van der Waals surface area contributed by atoms with Crippen LogP contribution < -0.4 is 5.32 Å². The van der Waals surface area contributed by atoms with Gasteiger partial charge in [0.2, 0.25) is 0 Å². The van der Waals surface area contributed by atoms with E-state index in [0.29, 0.717) is 24.0 Å². The summed E-state index contributed by atoms with van der Waals surface area (Å²) in [5, 5.41) is 23.5. The third-order valence-electron chi connectivity index (χ3n) is 8.03. The van der Waals surface area contributed by atoms with Gasteiger partial charge in [-0.25, -0.2) is 9.59 Å². The Morgan fingerprint density at radius 1 is 1.14 bits per heavy atom. The van der Waals surface area contributed by atoms with E-state index in [0.717, 1.165) is 19.5 Å². The predicted molar refractivity (Wildman–Crippen MR) is 137 cm³/mol. The first-order chi connectivity index (χ1) is 16.5. The van der Waals surface area contributed by atoms with Gasteiger partial charge in [0.15, 0.2) is 0 Å². The number of carboxylic acids is 2. The maximum absolute atomic E-state index is 9.55. The van der Waals surface area contributed by atoms with Crippen molar-refractivity contribution in [2.45, 2.75) is 83.7 Å². The van der Waals surface area contributed by atoms with Crippen LogP contribution in [0.4, 0.5) is 0 Å². The minimum Gasteiger partial charge on any atom is -0.478 e. The third kappa shape index (κ3) is 6.51. The van der Waals surface area contributed by atoms with Gasteiger partial charge in [0, 0.05) is 36.7 Å². The molecule has 3 N–H and O–H groups in total. The summed E-state index contributed by atoms with van der Waals surface area (Å²) < 4.78 is 0. The van der Waals surface area contributed by atoms with Crippen molar-refractivity contribution >= 4 is 18.2 Å². The van der Waals surface area contributed by atoms with Crippen molar-refractivity contribution in [1.82, 2.24) is 5.32 Å². The molecule has 0 spiro atoms. The molecule has 1 aliphatic heterocycles. The molecule has 7 nitrogen and oxygen atoms in total. The largest absolute Gasteiger partial charge is 0.478 e. The summed E-state index contributed by atoms with van der Waals surface area (Å²) in [5.74, 6) is -1.27. The second-order valence-corrected chi connectivity index (χ2v) is 10.9. The van der Waals surface area contributed by atoms with Gasteiger partial charge in [0.05, 0.1) is 0 Å². The van der Waals surface area contributed by atoms with E-state index in [1.807, 2.05) is 0 Å². The zero-order valence-electron chi connectivity index (χ0n) is 21.4. The number of rotatable bonds is 6. The minimum absolute atomic E-state index is 0.132. The molecule has 1 heterocycles. The van der Waals surface area contributed by atoms with Crippen LogP contribution in [-0.4, -0.2) is 47.6 Å². The maximum atomic E-state index is 9.55. The Balaban J connectivity index is 0.000000371. The topological polar surface area (TPSA) is 108 Å². The van der Waals surface area contributed by atoms with Crippen LogP contribution in [0.25, 0.3) is 0 Å². The lowest BCUT2D eigenvalue weighted by Gasteiger charge is -2.54. The van der Waals surface area contributed by atoms with Crippen molar-refractivity contribution in [3.05, 3.63) is 47.0 Å². The maximum Gasteiger partial charge on any atom is 0.328 e. The number of aryl methyl sites for hydroxylation is 1. The quantitative estimate of drug-likeness (QED) is 0.301. The van der Waals surface area contributed by atoms with Crippen LogP contribution in [-0.2, 0) is 26.3 Å². The van der Waals surface area contributed by atoms with Gasteiger partial charge in [-0.15, -0.1) is 0 Å². The summed E-state index contributed by atoms with van der Waals surface area (Å²) in [6, 6.07) is 7.30. The molecule has 1 aromatic carbocycles. The molecule has 3 aliphatic rings. The van der Waals surface area contributed by atoms with Crippen molar-refractivity contribution < 1.29 is 24.6 Å². The van der Waals surface area contributed by atoms with Crippen LogP contribution in [0.3, 0.4) is 0 Å². The summed E-state index contributed by atoms with van der Waals surface area (Å²) in [6.45, 7) is 11.5. The van der Waals surface area contributed by atoms with E-state index < -0.39 is 11.9 Å². The minimum atomic E-state index is -1.26. The molecule has 0 aromatic heterocycles. The van der Waals surface area contributed by atoms with Crippen molar-refractivity contribution in [2.75, 3.05) is 13.1 Å². The Morgan fingerprint density at radius 2 is 1.86 bits per heavy atom. The number of hydrogen-bond acceptors (Lipinski definition) is 5. The number of nitrogens with zero attached hydrogens (tertiary/aromatic N) is 1. The fourth-order valence-corrected chi connectivity index (χ4v) is 6.17. The predicted octanol–water partition coefficient (Wildman–Crippen LogP) is 4.90. The summed E-state index contributed by atoms with van der Waals surface area (Å²) in [7, 11) is 0. The fourth-order valence-electron chi connectivity index (χ4n) is 6.17. The number of carboxylic acid groups (broad SMARTS) is 2. The number of fused-ring (bicyclic) bond motifs is 3. The van der Waals surface area contributed by atoms with Crippen LogP contribution in [0.2, 0.25) is 0 Å². The summed E-state index contributed by atoms with van der Waals surface area (Å²) in [6.07, 6.45) is 10.9. The van der Waals surface area contributed by atoms with Crippen LogP contribution in [0.5, 0.6) is 0 Å². The first-order valence-electron chi connectivity index (χ1n) is 12.7. The molecule has 2 aliphatic carbocycles. The normalized spacial score (nSPS) is 30.0. The second kappa shape index (κ2) is 11.4. The molecule has 0 bridgehead atoms. The molecule has 1 saturated heterocycles. The van der Waals surface area contributed by atoms with Gasteiger partial charge < -0.3 is 20.4 Å². The SMILES string of the molecule is CC(C)c1ccc2c(c1)CCC1[C@@](C)(C=NO[C@@H]3CCNC3)CCC[C@]21C.O=C(O)/C=C/C(=O)O. The first kappa shape index (κ1) is 26.9. The molecule has 7 heteroatoms. The third-order valence-corrected chi connectivity index (χ3v) is 8.03. The molecular formula is C28H40N2O5. The highest BCUT2D eigenvalue weighted by Gasteiger charge is 2.51. The summed E-state index contributed by atoms with van der Waals surface area (Å²) >= 11 is 0. The van der Waals surface area contributed by atoms with E-state index >= 15 is 0 Å². The monoisotopic (exact) mass is 484 g/mol. The lowest BCUT2D eigenvalue weighted by Crippen LogP contribution is -2.49. The van der Waals surface area contributed by atoms with Crippen molar-refractivity contribution in [3.63, 3.8) is 0 Å². The molecule has 0 radical (unpaired) electrons. The van der Waals surface area contributed by atoms with Crippen LogP contribution in [0, 0.1) is 11.3 Å². The Kier molecular flexibility index (Phi) is 8.75. The molecule has 4 rings (SSSR count). The van der Waals surface area contributed by atoms with Gasteiger partial charge in [-0.2, -0.15) is 0 Å².